The normalized spacial score (nSPS) is 44.4. The molecule has 4 heterocycles. The van der Waals surface area contributed by atoms with Crippen LogP contribution in [0.25, 0.3) is 0 Å². The van der Waals surface area contributed by atoms with E-state index in [4.69, 9.17) is 0 Å². The molecule has 0 aromatic heterocycles. The van der Waals surface area contributed by atoms with Crippen LogP contribution in [0.2, 0.25) is 0 Å². The van der Waals surface area contributed by atoms with Gasteiger partial charge in [0.25, 0.3) is 0 Å². The van der Waals surface area contributed by atoms with Crippen LogP contribution in [0, 0.1) is 11.8 Å². The Kier molecular flexibility index (Phi) is 2.65. The summed E-state index contributed by atoms with van der Waals surface area (Å²) >= 11 is 0. The highest BCUT2D eigenvalue weighted by Crippen LogP contribution is 2.44. The molecule has 0 aliphatic carbocycles. The maximum atomic E-state index is 12.2. The molecule has 0 bridgehead atoms. The first-order valence-electron chi connectivity index (χ1n) is 7.88. The molecule has 4 fully saturated rings. The molecule has 4 saturated heterocycles. The number of nitrogens with zero attached hydrogens (tertiary/aromatic N) is 2. The zero-order chi connectivity index (χ0) is 12.1. The van der Waals surface area contributed by atoms with Crippen LogP contribution in [0.1, 0.15) is 44.9 Å². The van der Waals surface area contributed by atoms with Crippen LogP contribution in [-0.2, 0) is 4.79 Å². The maximum Gasteiger partial charge on any atom is 0.222 e. The molecule has 3 heteroatoms. The molecule has 100 valence electrons. The highest BCUT2D eigenvalue weighted by atomic mass is 16.2. The van der Waals surface area contributed by atoms with Crippen LogP contribution in [0.5, 0.6) is 0 Å². The SMILES string of the molecule is O=C1CCC[C@H]2[C@@H]3CCCN4CCC[C@@H](CN12)C34. The number of hydrogen-bond acceptors (Lipinski definition) is 2. The van der Waals surface area contributed by atoms with Gasteiger partial charge in [0.05, 0.1) is 0 Å². The summed E-state index contributed by atoms with van der Waals surface area (Å²) in [5.74, 6) is 2.02. The van der Waals surface area contributed by atoms with E-state index in [2.05, 4.69) is 9.80 Å². The van der Waals surface area contributed by atoms with Crippen LogP contribution >= 0.6 is 0 Å². The third-order valence-electron chi connectivity index (χ3n) is 5.88. The number of carbonyl (C=O) groups excluding carboxylic acids is 1. The van der Waals surface area contributed by atoms with Gasteiger partial charge in [-0.05, 0) is 63.5 Å². The van der Waals surface area contributed by atoms with Crippen molar-refractivity contribution >= 4 is 5.91 Å². The fraction of sp³-hybridized carbons (Fsp3) is 0.933. The number of hydrogen-bond donors (Lipinski definition) is 0. The van der Waals surface area contributed by atoms with Gasteiger partial charge < -0.3 is 4.90 Å². The molecule has 0 radical (unpaired) electrons. The molecule has 0 aromatic rings. The Labute approximate surface area is 110 Å². The highest BCUT2D eigenvalue weighted by molar-refractivity contribution is 5.77. The number of fused-ring (bicyclic) bond motifs is 2. The zero-order valence-corrected chi connectivity index (χ0v) is 11.2. The molecule has 4 aliphatic rings. The number of piperidine rings is 4. The number of carbonyl (C=O) groups is 1. The van der Waals surface area contributed by atoms with E-state index >= 15 is 0 Å². The van der Waals surface area contributed by atoms with Crippen molar-refractivity contribution in [1.29, 1.82) is 0 Å². The minimum atomic E-state index is 0.451. The number of rotatable bonds is 0. The summed E-state index contributed by atoms with van der Waals surface area (Å²) in [4.78, 5) is 17.2. The minimum absolute atomic E-state index is 0.451. The summed E-state index contributed by atoms with van der Waals surface area (Å²) in [6, 6.07) is 1.41. The van der Waals surface area contributed by atoms with Crippen molar-refractivity contribution in [3.8, 4) is 0 Å². The lowest BCUT2D eigenvalue weighted by molar-refractivity contribution is -0.150. The lowest BCUT2D eigenvalue weighted by atomic mass is 9.68. The standard InChI is InChI=1S/C15H24N2O/c18-14-7-1-6-13-12-5-3-9-16-8-2-4-11(15(12)16)10-17(13)14/h11-13,15H,1-10H2/t11-,12-,13-,15?/m0/s1. The largest absolute Gasteiger partial charge is 0.339 e. The summed E-state index contributed by atoms with van der Waals surface area (Å²) < 4.78 is 0. The quantitative estimate of drug-likeness (QED) is 0.653. The van der Waals surface area contributed by atoms with E-state index in [0.29, 0.717) is 11.9 Å². The van der Waals surface area contributed by atoms with Crippen molar-refractivity contribution in [1.82, 2.24) is 9.80 Å². The molecule has 18 heavy (non-hydrogen) atoms. The second-order valence-electron chi connectivity index (χ2n) is 6.74. The molecular formula is C15H24N2O. The predicted molar refractivity (Wildman–Crippen MR) is 70.2 cm³/mol. The first kappa shape index (κ1) is 11.3. The highest BCUT2D eigenvalue weighted by Gasteiger charge is 2.50. The molecule has 1 amide bonds. The summed E-state index contributed by atoms with van der Waals surface area (Å²) in [7, 11) is 0. The molecule has 4 atom stereocenters. The summed E-state index contributed by atoms with van der Waals surface area (Å²) in [6.45, 7) is 3.71. The van der Waals surface area contributed by atoms with Crippen LogP contribution in [0.3, 0.4) is 0 Å². The van der Waals surface area contributed by atoms with Crippen molar-refractivity contribution in [2.45, 2.75) is 57.0 Å². The van der Waals surface area contributed by atoms with Crippen LogP contribution in [0.4, 0.5) is 0 Å². The summed E-state index contributed by atoms with van der Waals surface area (Å²) in [6.07, 6.45) is 8.64. The molecule has 0 spiro atoms. The molecule has 3 nitrogen and oxygen atoms in total. The Morgan fingerprint density at radius 3 is 2.72 bits per heavy atom. The van der Waals surface area contributed by atoms with Gasteiger partial charge in [0.2, 0.25) is 5.91 Å². The molecule has 1 unspecified atom stereocenters. The van der Waals surface area contributed by atoms with E-state index in [1.54, 1.807) is 0 Å². The Balaban J connectivity index is 1.66. The average molecular weight is 248 g/mol. The van der Waals surface area contributed by atoms with Crippen molar-refractivity contribution < 1.29 is 4.79 Å². The summed E-state index contributed by atoms with van der Waals surface area (Å²) in [5, 5.41) is 0. The third-order valence-corrected chi connectivity index (χ3v) is 5.88. The lowest BCUT2D eigenvalue weighted by Gasteiger charge is -2.58. The van der Waals surface area contributed by atoms with Gasteiger partial charge >= 0.3 is 0 Å². The first-order valence-corrected chi connectivity index (χ1v) is 7.88. The molecule has 4 rings (SSSR count). The Bertz CT molecular complexity index is 354. The maximum absolute atomic E-state index is 12.2. The van der Waals surface area contributed by atoms with Gasteiger partial charge in [-0.2, -0.15) is 0 Å². The molecule has 0 saturated carbocycles. The smallest absolute Gasteiger partial charge is 0.222 e. The Morgan fingerprint density at radius 2 is 1.83 bits per heavy atom. The van der Waals surface area contributed by atoms with Crippen LogP contribution in [0.15, 0.2) is 0 Å². The summed E-state index contributed by atoms with van der Waals surface area (Å²) in [5.41, 5.74) is 0. The van der Waals surface area contributed by atoms with Crippen LogP contribution in [-0.4, -0.2) is 47.4 Å². The lowest BCUT2D eigenvalue weighted by Crippen LogP contribution is -2.66. The van der Waals surface area contributed by atoms with E-state index in [-0.39, 0.29) is 0 Å². The van der Waals surface area contributed by atoms with Crippen molar-refractivity contribution in [3.63, 3.8) is 0 Å². The molecule has 0 N–H and O–H groups in total. The van der Waals surface area contributed by atoms with Crippen molar-refractivity contribution in [3.05, 3.63) is 0 Å². The molecular weight excluding hydrogens is 224 g/mol. The predicted octanol–water partition coefficient (Wildman–Crippen LogP) is 1.87. The minimum Gasteiger partial charge on any atom is -0.339 e. The van der Waals surface area contributed by atoms with Gasteiger partial charge in [-0.1, -0.05) is 0 Å². The van der Waals surface area contributed by atoms with Gasteiger partial charge in [-0.25, -0.2) is 0 Å². The third kappa shape index (κ3) is 1.56. The second kappa shape index (κ2) is 4.22. The van der Waals surface area contributed by atoms with E-state index in [9.17, 15) is 4.79 Å². The Hall–Kier alpha value is -0.570. The van der Waals surface area contributed by atoms with E-state index < -0.39 is 0 Å². The molecule has 4 aliphatic heterocycles. The number of amides is 1. The topological polar surface area (TPSA) is 23.6 Å². The fourth-order valence-corrected chi connectivity index (χ4v) is 5.26. The first-order chi connectivity index (χ1) is 8.84. The molecule has 0 aromatic carbocycles. The van der Waals surface area contributed by atoms with Crippen LogP contribution < -0.4 is 0 Å². The van der Waals surface area contributed by atoms with Gasteiger partial charge in [-0.3, -0.25) is 9.69 Å². The van der Waals surface area contributed by atoms with Gasteiger partial charge in [-0.15, -0.1) is 0 Å². The van der Waals surface area contributed by atoms with E-state index in [1.807, 2.05) is 0 Å². The van der Waals surface area contributed by atoms with Crippen molar-refractivity contribution in [2.24, 2.45) is 11.8 Å². The van der Waals surface area contributed by atoms with Gasteiger partial charge in [0.1, 0.15) is 0 Å². The van der Waals surface area contributed by atoms with Gasteiger partial charge in [0.15, 0.2) is 0 Å². The van der Waals surface area contributed by atoms with E-state index in [0.717, 1.165) is 37.3 Å². The second-order valence-corrected chi connectivity index (χ2v) is 6.74. The fourth-order valence-electron chi connectivity index (χ4n) is 5.26. The van der Waals surface area contributed by atoms with Crippen molar-refractivity contribution in [2.75, 3.05) is 19.6 Å². The monoisotopic (exact) mass is 248 g/mol. The average Bonchev–Trinajstić information content (AvgIpc) is 2.41. The Morgan fingerprint density at radius 1 is 1.00 bits per heavy atom. The zero-order valence-electron chi connectivity index (χ0n) is 11.2. The van der Waals surface area contributed by atoms with E-state index in [1.165, 1.54) is 45.2 Å². The van der Waals surface area contributed by atoms with Gasteiger partial charge in [0, 0.05) is 25.0 Å².